The highest BCUT2D eigenvalue weighted by Crippen LogP contribution is 2.22. The standard InChI is InChI=1S/C19H29F3N4O2S/c1-4-23-18(25-11-16-7-8-26(12-16)13-19(20,21)22)24-10-15-5-6-17(14(2)9-15)29(3,27)28/h5-6,9,16H,4,7-8,10-13H2,1-3H3,(H2,23,24,25). The zero-order chi connectivity index (χ0) is 21.7. The zero-order valence-electron chi connectivity index (χ0n) is 17.0. The quantitative estimate of drug-likeness (QED) is 0.509. The maximum Gasteiger partial charge on any atom is 0.401 e. The van der Waals surface area contributed by atoms with Crippen LogP contribution >= 0.6 is 0 Å². The van der Waals surface area contributed by atoms with Crippen LogP contribution in [0.1, 0.15) is 24.5 Å². The molecule has 2 rings (SSSR count). The van der Waals surface area contributed by atoms with Crippen LogP contribution in [0.2, 0.25) is 0 Å². The molecule has 6 nitrogen and oxygen atoms in total. The highest BCUT2D eigenvalue weighted by molar-refractivity contribution is 7.90. The lowest BCUT2D eigenvalue weighted by atomic mass is 10.1. The van der Waals surface area contributed by atoms with Crippen LogP contribution in [0.5, 0.6) is 0 Å². The third-order valence-corrected chi connectivity index (χ3v) is 5.99. The van der Waals surface area contributed by atoms with E-state index in [1.165, 1.54) is 11.2 Å². The highest BCUT2D eigenvalue weighted by atomic mass is 32.2. The summed E-state index contributed by atoms with van der Waals surface area (Å²) in [4.78, 5) is 6.25. The SMILES string of the molecule is CCNC(=NCc1ccc(S(C)(=O)=O)c(C)c1)NCC1CCN(CC(F)(F)F)C1. The maximum absolute atomic E-state index is 12.5. The van der Waals surface area contributed by atoms with E-state index in [-0.39, 0.29) is 5.92 Å². The van der Waals surface area contributed by atoms with Gasteiger partial charge < -0.3 is 10.6 Å². The lowest BCUT2D eigenvalue weighted by Gasteiger charge is -2.18. The predicted octanol–water partition coefficient (Wildman–Crippen LogP) is 2.34. The Morgan fingerprint density at radius 1 is 1.31 bits per heavy atom. The second-order valence-corrected chi connectivity index (χ2v) is 9.44. The average Bonchev–Trinajstić information content (AvgIpc) is 3.01. The topological polar surface area (TPSA) is 73.8 Å². The van der Waals surface area contributed by atoms with Crippen LogP contribution in [0, 0.1) is 12.8 Å². The van der Waals surface area contributed by atoms with Gasteiger partial charge >= 0.3 is 6.18 Å². The molecule has 1 aliphatic heterocycles. The molecule has 29 heavy (non-hydrogen) atoms. The van der Waals surface area contributed by atoms with Crippen LogP contribution in [-0.2, 0) is 16.4 Å². The molecule has 0 spiro atoms. The Morgan fingerprint density at radius 2 is 2.03 bits per heavy atom. The second kappa shape index (κ2) is 9.80. The largest absolute Gasteiger partial charge is 0.401 e. The van der Waals surface area contributed by atoms with E-state index < -0.39 is 22.6 Å². The van der Waals surface area contributed by atoms with Gasteiger partial charge in [0.2, 0.25) is 0 Å². The van der Waals surface area contributed by atoms with E-state index >= 15 is 0 Å². The number of aryl methyl sites for hydroxylation is 1. The van der Waals surface area contributed by atoms with E-state index in [0.717, 1.165) is 5.56 Å². The monoisotopic (exact) mass is 434 g/mol. The Hall–Kier alpha value is -1.81. The van der Waals surface area contributed by atoms with Crippen LogP contribution in [0.3, 0.4) is 0 Å². The molecule has 0 aliphatic carbocycles. The van der Waals surface area contributed by atoms with Gasteiger partial charge in [-0.2, -0.15) is 13.2 Å². The van der Waals surface area contributed by atoms with Crippen LogP contribution in [0.15, 0.2) is 28.1 Å². The minimum Gasteiger partial charge on any atom is -0.357 e. The predicted molar refractivity (Wildman–Crippen MR) is 108 cm³/mol. The van der Waals surface area contributed by atoms with Crippen molar-refractivity contribution in [1.82, 2.24) is 15.5 Å². The van der Waals surface area contributed by atoms with Gasteiger partial charge in [-0.05, 0) is 49.9 Å². The fourth-order valence-corrected chi connectivity index (χ4v) is 4.41. The number of hydrogen-bond acceptors (Lipinski definition) is 4. The third kappa shape index (κ3) is 7.85. The number of likely N-dealkylation sites (tertiary alicyclic amines) is 1. The van der Waals surface area contributed by atoms with Crippen LogP contribution < -0.4 is 10.6 Å². The Morgan fingerprint density at radius 3 is 2.62 bits per heavy atom. The summed E-state index contributed by atoms with van der Waals surface area (Å²) in [5.74, 6) is 0.726. The number of aliphatic imine (C=N–C) groups is 1. The van der Waals surface area contributed by atoms with Gasteiger partial charge in [0.25, 0.3) is 0 Å². The van der Waals surface area contributed by atoms with Gasteiger partial charge in [-0.1, -0.05) is 12.1 Å². The Bertz CT molecular complexity index is 825. The Balaban J connectivity index is 1.93. The van der Waals surface area contributed by atoms with Gasteiger partial charge in [0, 0.05) is 25.9 Å². The van der Waals surface area contributed by atoms with Gasteiger partial charge in [-0.3, -0.25) is 4.90 Å². The molecule has 0 radical (unpaired) electrons. The van der Waals surface area contributed by atoms with Gasteiger partial charge in [-0.25, -0.2) is 13.4 Å². The minimum atomic E-state index is -4.16. The average molecular weight is 435 g/mol. The van der Waals surface area contributed by atoms with Crippen LogP contribution in [0.25, 0.3) is 0 Å². The van der Waals surface area contributed by atoms with Crippen LogP contribution in [-0.4, -0.2) is 64.4 Å². The second-order valence-electron chi connectivity index (χ2n) is 7.45. The lowest BCUT2D eigenvalue weighted by Crippen LogP contribution is -2.40. The van der Waals surface area contributed by atoms with Gasteiger partial charge in [0.15, 0.2) is 15.8 Å². The molecule has 0 amide bonds. The molecule has 10 heteroatoms. The van der Waals surface area contributed by atoms with E-state index in [4.69, 9.17) is 0 Å². The van der Waals surface area contributed by atoms with Crippen molar-refractivity contribution in [3.8, 4) is 0 Å². The molecular formula is C19H29F3N4O2S. The third-order valence-electron chi connectivity index (χ3n) is 4.73. The molecule has 1 heterocycles. The van der Waals surface area contributed by atoms with E-state index in [2.05, 4.69) is 15.6 Å². The minimum absolute atomic E-state index is 0.137. The molecule has 1 atom stereocenters. The summed E-state index contributed by atoms with van der Waals surface area (Å²) in [6.45, 7) is 5.26. The van der Waals surface area contributed by atoms with Crippen molar-refractivity contribution < 1.29 is 21.6 Å². The molecule has 0 bridgehead atoms. The number of halogens is 3. The van der Waals surface area contributed by atoms with E-state index in [1.807, 2.05) is 6.92 Å². The van der Waals surface area contributed by atoms with E-state index in [9.17, 15) is 21.6 Å². The summed E-state index contributed by atoms with van der Waals surface area (Å²) in [6.07, 6.45) is -2.27. The summed E-state index contributed by atoms with van der Waals surface area (Å²) in [7, 11) is -3.26. The lowest BCUT2D eigenvalue weighted by molar-refractivity contribution is -0.143. The van der Waals surface area contributed by atoms with Gasteiger partial charge in [-0.15, -0.1) is 0 Å². The van der Waals surface area contributed by atoms with Crippen molar-refractivity contribution in [2.75, 3.05) is 39.0 Å². The van der Waals surface area contributed by atoms with Crippen molar-refractivity contribution in [2.24, 2.45) is 10.9 Å². The molecule has 1 saturated heterocycles. The summed E-state index contributed by atoms with van der Waals surface area (Å²) >= 11 is 0. The molecule has 1 aliphatic rings. The zero-order valence-corrected chi connectivity index (χ0v) is 17.8. The molecule has 0 saturated carbocycles. The molecule has 164 valence electrons. The van der Waals surface area contributed by atoms with Crippen molar-refractivity contribution >= 4 is 15.8 Å². The highest BCUT2D eigenvalue weighted by Gasteiger charge is 2.34. The van der Waals surface area contributed by atoms with Crippen molar-refractivity contribution in [3.63, 3.8) is 0 Å². The number of benzene rings is 1. The number of rotatable bonds is 7. The first kappa shape index (κ1) is 23.5. The van der Waals surface area contributed by atoms with E-state index in [1.54, 1.807) is 25.1 Å². The van der Waals surface area contributed by atoms with Crippen molar-refractivity contribution in [2.45, 2.75) is 37.9 Å². The van der Waals surface area contributed by atoms with E-state index in [0.29, 0.717) is 55.6 Å². The number of nitrogens with one attached hydrogen (secondary N) is 2. The normalized spacial score (nSPS) is 18.8. The van der Waals surface area contributed by atoms with Gasteiger partial charge in [0.05, 0.1) is 18.0 Å². The van der Waals surface area contributed by atoms with Gasteiger partial charge in [0.1, 0.15) is 0 Å². The first-order valence-corrected chi connectivity index (χ1v) is 11.5. The number of alkyl halides is 3. The fraction of sp³-hybridized carbons (Fsp3) is 0.632. The number of nitrogens with zero attached hydrogens (tertiary/aromatic N) is 2. The summed E-state index contributed by atoms with van der Waals surface area (Å²) in [5.41, 5.74) is 1.55. The first-order valence-electron chi connectivity index (χ1n) is 9.59. The Kier molecular flexibility index (Phi) is 7.93. The molecule has 1 fully saturated rings. The number of guanidine groups is 1. The Labute approximate surface area is 170 Å². The molecule has 1 aromatic rings. The number of sulfone groups is 1. The molecule has 1 unspecified atom stereocenters. The van der Waals surface area contributed by atoms with Crippen molar-refractivity contribution in [3.05, 3.63) is 29.3 Å². The summed E-state index contributed by atoms with van der Waals surface area (Å²) < 4.78 is 61.0. The molecule has 0 aromatic heterocycles. The summed E-state index contributed by atoms with van der Waals surface area (Å²) in [6, 6.07) is 5.13. The first-order chi connectivity index (χ1) is 13.5. The summed E-state index contributed by atoms with van der Waals surface area (Å²) in [5, 5.41) is 6.33. The number of hydrogen-bond donors (Lipinski definition) is 2. The fourth-order valence-electron chi connectivity index (χ4n) is 3.46. The molecular weight excluding hydrogens is 405 g/mol. The smallest absolute Gasteiger partial charge is 0.357 e. The van der Waals surface area contributed by atoms with Crippen LogP contribution in [0.4, 0.5) is 13.2 Å². The molecule has 1 aromatic carbocycles. The van der Waals surface area contributed by atoms with Crippen molar-refractivity contribution in [1.29, 1.82) is 0 Å². The molecule has 2 N–H and O–H groups in total. The maximum atomic E-state index is 12.5.